The summed E-state index contributed by atoms with van der Waals surface area (Å²) in [5.41, 5.74) is 7.07. The van der Waals surface area contributed by atoms with E-state index in [0.717, 1.165) is 33.5 Å². The first-order chi connectivity index (χ1) is 12.1. The van der Waals surface area contributed by atoms with Crippen molar-refractivity contribution in [3.63, 3.8) is 0 Å². The minimum absolute atomic E-state index is 0.0268. The Morgan fingerprint density at radius 2 is 2.32 bits per heavy atom. The third-order valence-corrected chi connectivity index (χ3v) is 6.77. The normalized spacial score (nSPS) is 20.9. The van der Waals surface area contributed by atoms with Crippen LogP contribution in [0.4, 0.5) is 5.82 Å². The molecule has 2 atom stereocenters. The highest BCUT2D eigenvalue weighted by Gasteiger charge is 2.29. The molecule has 9 heteroatoms. The number of halogens is 2. The molecule has 132 valence electrons. The molecule has 3 aromatic rings. The van der Waals surface area contributed by atoms with Gasteiger partial charge < -0.3 is 20.2 Å². The average Bonchev–Trinajstić information content (AvgIpc) is 3.22. The third-order valence-electron chi connectivity index (χ3n) is 4.22. The maximum atomic E-state index is 6.26. The largest absolute Gasteiger partial charge is 0.467 e. The van der Waals surface area contributed by atoms with Crippen molar-refractivity contribution < 1.29 is 9.15 Å². The van der Waals surface area contributed by atoms with Gasteiger partial charge in [0.05, 0.1) is 28.6 Å². The van der Waals surface area contributed by atoms with Gasteiger partial charge in [-0.15, -0.1) is 11.3 Å². The van der Waals surface area contributed by atoms with Gasteiger partial charge in [-0.1, -0.05) is 0 Å². The topological polar surface area (TPSA) is 86.2 Å². The van der Waals surface area contributed by atoms with Crippen LogP contribution in [0.15, 0.2) is 27.3 Å². The maximum Gasteiger partial charge on any atom is 0.225 e. The molecule has 1 aliphatic rings. The van der Waals surface area contributed by atoms with Gasteiger partial charge in [0, 0.05) is 23.4 Å². The van der Waals surface area contributed by atoms with Crippen molar-refractivity contribution in [2.45, 2.75) is 24.9 Å². The van der Waals surface area contributed by atoms with Gasteiger partial charge >= 0.3 is 0 Å². The number of anilines is 1. The van der Waals surface area contributed by atoms with Crippen molar-refractivity contribution in [2.24, 2.45) is 5.73 Å². The quantitative estimate of drug-likeness (QED) is 0.589. The second-order valence-electron chi connectivity index (χ2n) is 5.87. The van der Waals surface area contributed by atoms with E-state index >= 15 is 0 Å². The number of nitrogens with two attached hydrogens (primary N) is 1. The molecule has 0 aliphatic carbocycles. The highest BCUT2D eigenvalue weighted by Crippen LogP contribution is 2.44. The summed E-state index contributed by atoms with van der Waals surface area (Å²) in [6.07, 6.45) is 2.54. The van der Waals surface area contributed by atoms with Crippen LogP contribution in [0.1, 0.15) is 23.0 Å². The van der Waals surface area contributed by atoms with Gasteiger partial charge in [0.1, 0.15) is 17.1 Å². The molecular weight excluding hydrogens is 428 g/mol. The van der Waals surface area contributed by atoms with Crippen LogP contribution in [0.3, 0.4) is 0 Å². The molecule has 0 unspecified atom stereocenters. The van der Waals surface area contributed by atoms with E-state index in [1.54, 1.807) is 17.6 Å². The lowest BCUT2D eigenvalue weighted by molar-refractivity contribution is 0.0702. The Kier molecular flexibility index (Phi) is 4.97. The molecule has 6 nitrogen and oxygen atoms in total. The van der Waals surface area contributed by atoms with Crippen LogP contribution in [0.25, 0.3) is 10.2 Å². The lowest BCUT2D eigenvalue weighted by atomic mass is 9.94. The summed E-state index contributed by atoms with van der Waals surface area (Å²) in [6.45, 7) is 1.81. The molecule has 4 heterocycles. The molecule has 0 amide bonds. The van der Waals surface area contributed by atoms with Crippen molar-refractivity contribution in [3.8, 4) is 0 Å². The summed E-state index contributed by atoms with van der Waals surface area (Å²) in [7, 11) is 0. The zero-order chi connectivity index (χ0) is 17.4. The number of thiophene rings is 1. The molecule has 3 aromatic heterocycles. The number of fused-ring (bicyclic) bond motifs is 1. The van der Waals surface area contributed by atoms with Gasteiger partial charge in [-0.05, 0) is 46.1 Å². The van der Waals surface area contributed by atoms with E-state index in [0.29, 0.717) is 19.0 Å². The molecule has 0 aromatic carbocycles. The maximum absolute atomic E-state index is 6.26. The summed E-state index contributed by atoms with van der Waals surface area (Å²) >= 11 is 11.5. The summed E-state index contributed by atoms with van der Waals surface area (Å²) in [5, 5.41) is 3.49. The molecular formula is C16H16BrClN4O2S. The van der Waals surface area contributed by atoms with Crippen LogP contribution in [0.5, 0.6) is 0 Å². The predicted molar refractivity (Wildman–Crippen MR) is 102 cm³/mol. The first-order valence-corrected chi connectivity index (χ1v) is 9.87. The molecule has 25 heavy (non-hydrogen) atoms. The fourth-order valence-corrected chi connectivity index (χ4v) is 5.40. The van der Waals surface area contributed by atoms with E-state index in [2.05, 4.69) is 31.2 Å². The fraction of sp³-hybridized carbons (Fsp3) is 0.375. The van der Waals surface area contributed by atoms with Crippen molar-refractivity contribution in [2.75, 3.05) is 18.5 Å². The van der Waals surface area contributed by atoms with Gasteiger partial charge in [0.2, 0.25) is 5.28 Å². The summed E-state index contributed by atoms with van der Waals surface area (Å²) in [4.78, 5) is 9.93. The Labute approximate surface area is 161 Å². The molecule has 1 fully saturated rings. The van der Waals surface area contributed by atoms with E-state index in [4.69, 9.17) is 26.5 Å². The van der Waals surface area contributed by atoms with Crippen molar-refractivity contribution in [3.05, 3.63) is 38.8 Å². The highest BCUT2D eigenvalue weighted by atomic mass is 79.9. The Hall–Kier alpha value is -1.19. The first-order valence-electron chi connectivity index (χ1n) is 7.88. The molecule has 0 saturated carbocycles. The third kappa shape index (κ3) is 3.41. The summed E-state index contributed by atoms with van der Waals surface area (Å²) in [5.74, 6) is 1.76. The summed E-state index contributed by atoms with van der Waals surface area (Å²) < 4.78 is 12.7. The zero-order valence-electron chi connectivity index (χ0n) is 13.2. The number of nitrogens with one attached hydrogen (secondary N) is 1. The lowest BCUT2D eigenvalue weighted by Crippen LogP contribution is -2.37. The van der Waals surface area contributed by atoms with Crippen LogP contribution >= 0.6 is 38.9 Å². The smallest absolute Gasteiger partial charge is 0.225 e. The van der Waals surface area contributed by atoms with E-state index in [1.165, 1.54) is 4.88 Å². The monoisotopic (exact) mass is 442 g/mol. The number of aromatic nitrogens is 2. The lowest BCUT2D eigenvalue weighted by Gasteiger charge is -2.28. The molecule has 4 rings (SSSR count). The van der Waals surface area contributed by atoms with Crippen molar-refractivity contribution >= 4 is 54.9 Å². The summed E-state index contributed by atoms with van der Waals surface area (Å²) in [6, 6.07) is 3.73. The fourth-order valence-electron chi connectivity index (χ4n) is 2.97. The number of ether oxygens (including phenoxy) is 1. The number of hydrogen-bond donors (Lipinski definition) is 2. The Bertz CT molecular complexity index is 886. The molecule has 1 saturated heterocycles. The average molecular weight is 444 g/mol. The van der Waals surface area contributed by atoms with Crippen molar-refractivity contribution in [1.82, 2.24) is 9.97 Å². The molecule has 0 radical (unpaired) electrons. The minimum atomic E-state index is -0.0268. The number of furan rings is 1. The van der Waals surface area contributed by atoms with Crippen LogP contribution in [-0.2, 0) is 11.3 Å². The first kappa shape index (κ1) is 17.2. The van der Waals surface area contributed by atoms with Crippen LogP contribution in [0.2, 0.25) is 5.28 Å². The van der Waals surface area contributed by atoms with Gasteiger partial charge in [0.15, 0.2) is 0 Å². The van der Waals surface area contributed by atoms with E-state index in [9.17, 15) is 0 Å². The van der Waals surface area contributed by atoms with Crippen LogP contribution in [0, 0.1) is 0 Å². The number of rotatable bonds is 4. The van der Waals surface area contributed by atoms with Gasteiger partial charge in [0.25, 0.3) is 0 Å². The van der Waals surface area contributed by atoms with Gasteiger partial charge in [-0.25, -0.2) is 4.98 Å². The molecule has 3 N–H and O–H groups in total. The standard InChI is InChI=1S/C16H16BrClN4O2S/c17-11-12-14(25-13(11)9-3-5-23-7-10(9)19)15(22-16(18)21-12)20-6-8-2-1-4-24-8/h1-2,4,9-10H,3,5-7,19H2,(H,20,21,22)/t9-,10-/m1/s1. The van der Waals surface area contributed by atoms with E-state index in [1.807, 2.05) is 12.1 Å². The SMILES string of the molecule is N[C@@H]1COCC[C@H]1c1sc2c(NCc3ccco3)nc(Cl)nc2c1Br. The Morgan fingerprint density at radius 3 is 3.08 bits per heavy atom. The minimum Gasteiger partial charge on any atom is -0.467 e. The predicted octanol–water partition coefficient (Wildman–Crippen LogP) is 4.14. The van der Waals surface area contributed by atoms with Gasteiger partial charge in [-0.2, -0.15) is 4.98 Å². The Morgan fingerprint density at radius 1 is 1.44 bits per heavy atom. The van der Waals surface area contributed by atoms with Crippen LogP contribution in [-0.4, -0.2) is 29.2 Å². The molecule has 0 bridgehead atoms. The molecule has 0 spiro atoms. The number of hydrogen-bond acceptors (Lipinski definition) is 7. The second kappa shape index (κ2) is 7.20. The zero-order valence-corrected chi connectivity index (χ0v) is 16.3. The van der Waals surface area contributed by atoms with E-state index in [-0.39, 0.29) is 17.2 Å². The van der Waals surface area contributed by atoms with E-state index < -0.39 is 0 Å². The Balaban J connectivity index is 1.72. The second-order valence-corrected chi connectivity index (χ2v) is 8.05. The van der Waals surface area contributed by atoms with Crippen molar-refractivity contribution in [1.29, 1.82) is 0 Å². The highest BCUT2D eigenvalue weighted by molar-refractivity contribution is 9.10. The molecule has 1 aliphatic heterocycles. The van der Waals surface area contributed by atoms with Crippen LogP contribution < -0.4 is 11.1 Å². The number of nitrogens with zero attached hydrogens (tertiary/aromatic N) is 2. The van der Waals surface area contributed by atoms with Gasteiger partial charge in [-0.3, -0.25) is 0 Å².